The third-order valence-electron chi connectivity index (χ3n) is 2.59. The zero-order valence-corrected chi connectivity index (χ0v) is 9.69. The predicted molar refractivity (Wildman–Crippen MR) is 61.3 cm³/mol. The predicted octanol–water partition coefficient (Wildman–Crippen LogP) is 1.79. The van der Waals surface area contributed by atoms with Gasteiger partial charge in [-0.3, -0.25) is 0 Å². The Morgan fingerprint density at radius 3 is 2.50 bits per heavy atom. The molecule has 1 aromatic rings. The zero-order chi connectivity index (χ0) is 12.2. The Hall–Kier alpha value is -1.00. The fourth-order valence-corrected chi connectivity index (χ4v) is 1.52. The highest BCUT2D eigenvalue weighted by Gasteiger charge is 2.21. The molecule has 0 fully saturated rings. The van der Waals surface area contributed by atoms with E-state index in [-0.39, 0.29) is 5.41 Å². The molecule has 4 heteroatoms. The summed E-state index contributed by atoms with van der Waals surface area (Å²) >= 11 is 0. The highest BCUT2D eigenvalue weighted by molar-refractivity contribution is 5.25. The van der Waals surface area contributed by atoms with E-state index < -0.39 is 11.6 Å². The molecule has 0 aliphatic rings. The SMILES string of the molecule is CC(C)(CNCCN)c1ccc(F)c(F)c1. The van der Waals surface area contributed by atoms with Crippen LogP contribution in [0, 0.1) is 11.6 Å². The normalized spacial score (nSPS) is 11.8. The van der Waals surface area contributed by atoms with Crippen molar-refractivity contribution in [3.8, 4) is 0 Å². The summed E-state index contributed by atoms with van der Waals surface area (Å²) in [7, 11) is 0. The molecular weight excluding hydrogens is 210 g/mol. The van der Waals surface area contributed by atoms with Crippen LogP contribution in [-0.4, -0.2) is 19.6 Å². The third kappa shape index (κ3) is 3.25. The van der Waals surface area contributed by atoms with E-state index in [2.05, 4.69) is 5.32 Å². The van der Waals surface area contributed by atoms with Gasteiger partial charge in [-0.05, 0) is 17.7 Å². The Morgan fingerprint density at radius 1 is 1.25 bits per heavy atom. The van der Waals surface area contributed by atoms with E-state index in [0.29, 0.717) is 19.6 Å². The minimum atomic E-state index is -0.811. The van der Waals surface area contributed by atoms with Crippen molar-refractivity contribution in [2.75, 3.05) is 19.6 Å². The van der Waals surface area contributed by atoms with Gasteiger partial charge in [-0.15, -0.1) is 0 Å². The first kappa shape index (κ1) is 13.1. The standard InChI is InChI=1S/C12H18F2N2/c1-12(2,8-16-6-5-15)9-3-4-10(13)11(14)7-9/h3-4,7,16H,5-6,8,15H2,1-2H3. The average molecular weight is 228 g/mol. The fraction of sp³-hybridized carbons (Fsp3) is 0.500. The Kier molecular flexibility index (Phi) is 4.38. The van der Waals surface area contributed by atoms with Gasteiger partial charge in [-0.2, -0.15) is 0 Å². The minimum absolute atomic E-state index is 0.246. The largest absolute Gasteiger partial charge is 0.329 e. The summed E-state index contributed by atoms with van der Waals surface area (Å²) < 4.78 is 25.9. The molecule has 0 atom stereocenters. The van der Waals surface area contributed by atoms with Crippen molar-refractivity contribution in [1.82, 2.24) is 5.32 Å². The molecule has 0 heterocycles. The van der Waals surface area contributed by atoms with Crippen molar-refractivity contribution in [2.24, 2.45) is 5.73 Å². The maximum absolute atomic E-state index is 13.1. The monoisotopic (exact) mass is 228 g/mol. The van der Waals surface area contributed by atoms with Gasteiger partial charge in [0.15, 0.2) is 11.6 Å². The second-order valence-electron chi connectivity index (χ2n) is 4.48. The van der Waals surface area contributed by atoms with Crippen LogP contribution in [0.25, 0.3) is 0 Å². The fourth-order valence-electron chi connectivity index (χ4n) is 1.52. The molecule has 2 nitrogen and oxygen atoms in total. The van der Waals surface area contributed by atoms with Crippen molar-refractivity contribution >= 4 is 0 Å². The maximum atomic E-state index is 13.1. The van der Waals surface area contributed by atoms with Crippen molar-refractivity contribution in [1.29, 1.82) is 0 Å². The molecule has 3 N–H and O–H groups in total. The summed E-state index contributed by atoms with van der Waals surface area (Å²) in [4.78, 5) is 0. The molecule has 0 unspecified atom stereocenters. The van der Waals surface area contributed by atoms with E-state index in [1.807, 2.05) is 13.8 Å². The number of rotatable bonds is 5. The number of hydrogen-bond acceptors (Lipinski definition) is 2. The van der Waals surface area contributed by atoms with Crippen LogP contribution < -0.4 is 11.1 Å². The Morgan fingerprint density at radius 2 is 1.94 bits per heavy atom. The van der Waals surface area contributed by atoms with Crippen molar-refractivity contribution in [2.45, 2.75) is 19.3 Å². The van der Waals surface area contributed by atoms with Gasteiger partial charge in [-0.25, -0.2) is 8.78 Å². The topological polar surface area (TPSA) is 38.0 Å². The molecule has 0 spiro atoms. The minimum Gasteiger partial charge on any atom is -0.329 e. The molecule has 0 aromatic heterocycles. The molecule has 16 heavy (non-hydrogen) atoms. The lowest BCUT2D eigenvalue weighted by Gasteiger charge is -2.25. The lowest BCUT2D eigenvalue weighted by Crippen LogP contribution is -2.35. The molecule has 1 aromatic carbocycles. The smallest absolute Gasteiger partial charge is 0.159 e. The summed E-state index contributed by atoms with van der Waals surface area (Å²) in [6.07, 6.45) is 0. The van der Waals surface area contributed by atoms with Crippen LogP contribution in [0.1, 0.15) is 19.4 Å². The first-order chi connectivity index (χ1) is 7.47. The molecule has 0 saturated carbocycles. The summed E-state index contributed by atoms with van der Waals surface area (Å²) in [5, 5.41) is 3.17. The number of nitrogens with one attached hydrogen (secondary N) is 1. The van der Waals surface area contributed by atoms with Crippen molar-refractivity contribution in [3.05, 3.63) is 35.4 Å². The summed E-state index contributed by atoms with van der Waals surface area (Å²) in [6.45, 7) is 5.91. The van der Waals surface area contributed by atoms with Gasteiger partial charge < -0.3 is 11.1 Å². The summed E-state index contributed by atoms with van der Waals surface area (Å²) in [6, 6.07) is 4.03. The van der Waals surface area contributed by atoms with Crippen LogP contribution in [0.4, 0.5) is 8.78 Å². The van der Waals surface area contributed by atoms with Gasteiger partial charge in [0, 0.05) is 25.0 Å². The van der Waals surface area contributed by atoms with Crippen LogP contribution in [0.2, 0.25) is 0 Å². The molecule has 1 rings (SSSR count). The van der Waals surface area contributed by atoms with E-state index in [1.165, 1.54) is 6.07 Å². The lowest BCUT2D eigenvalue weighted by molar-refractivity contribution is 0.461. The van der Waals surface area contributed by atoms with Crippen LogP contribution in [-0.2, 0) is 5.41 Å². The van der Waals surface area contributed by atoms with Gasteiger partial charge in [0.2, 0.25) is 0 Å². The summed E-state index contributed by atoms with van der Waals surface area (Å²) in [5.74, 6) is -1.61. The van der Waals surface area contributed by atoms with E-state index >= 15 is 0 Å². The highest BCUT2D eigenvalue weighted by Crippen LogP contribution is 2.23. The lowest BCUT2D eigenvalue weighted by atomic mass is 9.84. The maximum Gasteiger partial charge on any atom is 0.159 e. The van der Waals surface area contributed by atoms with Gasteiger partial charge in [0.1, 0.15) is 0 Å². The first-order valence-corrected chi connectivity index (χ1v) is 5.33. The van der Waals surface area contributed by atoms with Crippen molar-refractivity contribution in [3.63, 3.8) is 0 Å². The van der Waals surface area contributed by atoms with Crippen LogP contribution in [0.3, 0.4) is 0 Å². The van der Waals surface area contributed by atoms with E-state index in [4.69, 9.17) is 5.73 Å². The molecule has 0 radical (unpaired) electrons. The van der Waals surface area contributed by atoms with Crippen molar-refractivity contribution < 1.29 is 8.78 Å². The van der Waals surface area contributed by atoms with Gasteiger partial charge in [-0.1, -0.05) is 19.9 Å². The number of halogens is 2. The Balaban J connectivity index is 2.76. The second kappa shape index (κ2) is 5.37. The van der Waals surface area contributed by atoms with Crippen LogP contribution in [0.5, 0.6) is 0 Å². The Bertz CT molecular complexity index is 351. The quantitative estimate of drug-likeness (QED) is 0.754. The first-order valence-electron chi connectivity index (χ1n) is 5.33. The van der Waals surface area contributed by atoms with Gasteiger partial charge >= 0.3 is 0 Å². The van der Waals surface area contributed by atoms with E-state index in [9.17, 15) is 8.78 Å². The molecule has 0 bridgehead atoms. The molecule has 90 valence electrons. The molecular formula is C12H18F2N2. The zero-order valence-electron chi connectivity index (χ0n) is 9.69. The number of nitrogens with two attached hydrogens (primary N) is 1. The molecule has 0 aliphatic carbocycles. The average Bonchev–Trinajstić information content (AvgIpc) is 2.22. The number of hydrogen-bond donors (Lipinski definition) is 2. The van der Waals surface area contributed by atoms with Crippen LogP contribution in [0.15, 0.2) is 18.2 Å². The summed E-state index contributed by atoms with van der Waals surface area (Å²) in [5.41, 5.74) is 5.90. The van der Waals surface area contributed by atoms with Gasteiger partial charge in [0.05, 0.1) is 0 Å². The Labute approximate surface area is 94.8 Å². The molecule has 0 saturated heterocycles. The molecule has 0 amide bonds. The highest BCUT2D eigenvalue weighted by atomic mass is 19.2. The molecule has 0 aliphatic heterocycles. The van der Waals surface area contributed by atoms with E-state index in [1.54, 1.807) is 6.07 Å². The van der Waals surface area contributed by atoms with Crippen LogP contribution >= 0.6 is 0 Å². The van der Waals surface area contributed by atoms with Gasteiger partial charge in [0.25, 0.3) is 0 Å². The second-order valence-corrected chi connectivity index (χ2v) is 4.48. The third-order valence-corrected chi connectivity index (χ3v) is 2.59. The number of benzene rings is 1. The van der Waals surface area contributed by atoms with E-state index in [0.717, 1.165) is 11.6 Å².